The van der Waals surface area contributed by atoms with Crippen molar-refractivity contribution in [1.29, 1.82) is 0 Å². The van der Waals surface area contributed by atoms with E-state index < -0.39 is 105 Å². The number of fused-ring (bicyclic) bond motifs is 7. The van der Waals surface area contributed by atoms with Gasteiger partial charge in [0.2, 0.25) is 0 Å². The molecule has 4 aliphatic carbocycles. The second-order valence-electron chi connectivity index (χ2n) is 21.0. The maximum atomic E-state index is 12.0. The van der Waals surface area contributed by atoms with Crippen LogP contribution in [0.1, 0.15) is 99.3 Å². The third-order valence-electron chi connectivity index (χ3n) is 17.3. The first kappa shape index (κ1) is 47.5. The summed E-state index contributed by atoms with van der Waals surface area (Å²) in [4.78, 5) is 0. The van der Waals surface area contributed by atoms with Gasteiger partial charge < -0.3 is 84.2 Å². The third-order valence-corrected chi connectivity index (χ3v) is 17.3. The number of allylic oxidation sites excluding steroid dienone is 1. The van der Waals surface area contributed by atoms with Gasteiger partial charge >= 0.3 is 0 Å². The van der Waals surface area contributed by atoms with Crippen molar-refractivity contribution in [2.45, 2.75) is 209 Å². The van der Waals surface area contributed by atoms with E-state index in [1.54, 1.807) is 6.92 Å². The van der Waals surface area contributed by atoms with Gasteiger partial charge in [-0.2, -0.15) is 0 Å². The molecule has 0 aromatic heterocycles. The maximum absolute atomic E-state index is 12.0. The van der Waals surface area contributed by atoms with E-state index in [-0.39, 0.29) is 47.4 Å². The highest BCUT2D eigenvalue weighted by atomic mass is 16.7. The SMILES string of the molecule is CC(CCC1(O)OC2CC3C4CC=C5CC(OC6OC(CO)C(OC7OC(C)C(O)C(O)C7O)C(O)C6O)CCC5(C)C4CCC3(C)C2C1C)COC1OC(C)C(O)C(O)C1O. The first-order valence-corrected chi connectivity index (χ1v) is 23.3. The van der Waals surface area contributed by atoms with E-state index >= 15 is 0 Å². The molecule has 0 amide bonds. The fraction of sp³-hybridized carbons (Fsp3) is 0.956. The van der Waals surface area contributed by atoms with Crippen molar-refractivity contribution in [1.82, 2.24) is 0 Å². The molecular weight excluding hydrogens is 812 g/mol. The number of hydrogen-bond acceptors (Lipinski definition) is 17. The van der Waals surface area contributed by atoms with Crippen LogP contribution in [0.25, 0.3) is 0 Å². The minimum Gasteiger partial charge on any atom is -0.394 e. The molecule has 0 aromatic carbocycles. The van der Waals surface area contributed by atoms with Gasteiger partial charge in [-0.1, -0.05) is 39.3 Å². The molecular formula is C45H74O17. The van der Waals surface area contributed by atoms with E-state index in [1.807, 2.05) is 6.92 Å². The van der Waals surface area contributed by atoms with Crippen molar-refractivity contribution < 1.29 is 84.2 Å². The Labute approximate surface area is 364 Å². The van der Waals surface area contributed by atoms with Gasteiger partial charge in [-0.25, -0.2) is 0 Å². The van der Waals surface area contributed by atoms with Crippen LogP contribution < -0.4 is 0 Å². The van der Waals surface area contributed by atoms with Crippen molar-refractivity contribution in [3.05, 3.63) is 11.6 Å². The molecule has 4 aliphatic heterocycles. The van der Waals surface area contributed by atoms with E-state index in [9.17, 15) is 51.1 Å². The fourth-order valence-electron chi connectivity index (χ4n) is 13.5. The van der Waals surface area contributed by atoms with Gasteiger partial charge in [0, 0.05) is 12.3 Å². The second-order valence-corrected chi connectivity index (χ2v) is 21.0. The molecule has 0 spiro atoms. The van der Waals surface area contributed by atoms with Gasteiger partial charge in [0.1, 0.15) is 61.0 Å². The van der Waals surface area contributed by atoms with Gasteiger partial charge in [0.25, 0.3) is 0 Å². The van der Waals surface area contributed by atoms with Gasteiger partial charge in [-0.15, -0.1) is 0 Å². The summed E-state index contributed by atoms with van der Waals surface area (Å²) in [5, 5.41) is 106. The Hall–Kier alpha value is -0.940. The molecule has 7 fully saturated rings. The molecule has 3 saturated carbocycles. The number of aliphatic hydroxyl groups is 10. The summed E-state index contributed by atoms with van der Waals surface area (Å²) in [7, 11) is 0. The van der Waals surface area contributed by atoms with Crippen molar-refractivity contribution in [2.24, 2.45) is 46.3 Å². The number of hydrogen-bond donors (Lipinski definition) is 10. The largest absolute Gasteiger partial charge is 0.394 e. The predicted octanol–water partition coefficient (Wildman–Crippen LogP) is 0.196. The summed E-state index contributed by atoms with van der Waals surface area (Å²) >= 11 is 0. The lowest BCUT2D eigenvalue weighted by Gasteiger charge is -2.58. The Morgan fingerprint density at radius 1 is 0.758 bits per heavy atom. The van der Waals surface area contributed by atoms with E-state index in [1.165, 1.54) is 12.5 Å². The summed E-state index contributed by atoms with van der Waals surface area (Å²) < 4.78 is 41.8. The zero-order valence-electron chi connectivity index (χ0n) is 37.0. The number of rotatable bonds is 11. The highest BCUT2D eigenvalue weighted by Gasteiger charge is 2.68. The van der Waals surface area contributed by atoms with Gasteiger partial charge in [-0.3, -0.25) is 0 Å². The van der Waals surface area contributed by atoms with Crippen molar-refractivity contribution >= 4 is 0 Å². The molecule has 10 N–H and O–H groups in total. The summed E-state index contributed by atoms with van der Waals surface area (Å²) in [5.41, 5.74) is 1.32. The van der Waals surface area contributed by atoms with E-state index in [0.29, 0.717) is 43.4 Å². The summed E-state index contributed by atoms with van der Waals surface area (Å²) in [6.45, 7) is 11.7. The van der Waals surface area contributed by atoms with Gasteiger partial charge in [0.05, 0.1) is 37.6 Å². The van der Waals surface area contributed by atoms with Crippen molar-refractivity contribution in [3.8, 4) is 0 Å². The van der Waals surface area contributed by atoms with Crippen LogP contribution in [0, 0.1) is 46.3 Å². The Balaban J connectivity index is 0.855. The molecule has 4 saturated heterocycles. The van der Waals surface area contributed by atoms with Gasteiger partial charge in [0.15, 0.2) is 24.7 Å². The van der Waals surface area contributed by atoms with Crippen LogP contribution in [-0.4, -0.2) is 174 Å². The van der Waals surface area contributed by atoms with Crippen LogP contribution in [0.4, 0.5) is 0 Å². The third kappa shape index (κ3) is 8.17. The number of aliphatic hydroxyl groups excluding tert-OH is 9. The normalized spacial score (nSPS) is 55.7. The standard InChI is InChI=1S/C45H74O17/c1-19(18-56-40-36(52)33(49)31(47)21(3)57-40)9-14-45(55)20(2)30-28(62-45)16-27-25-8-7-23-15-24(10-12-43(23,5)26(25)11-13-44(27,30)6)59-42-38(54)35(51)39(29(17-46)60-42)61-41-37(53)34(50)32(48)22(4)58-41/h7,19-22,24-42,46-55H,8-18H2,1-6H3. The molecule has 8 rings (SSSR count). The number of ether oxygens (including phenoxy) is 7. The fourth-order valence-corrected chi connectivity index (χ4v) is 13.5. The summed E-state index contributed by atoms with van der Waals surface area (Å²) in [6.07, 6.45) is -9.97. The average Bonchev–Trinajstić information content (AvgIpc) is 3.68. The van der Waals surface area contributed by atoms with Crippen LogP contribution in [-0.2, 0) is 33.2 Å². The molecule has 4 heterocycles. The highest BCUT2D eigenvalue weighted by Crippen LogP contribution is 2.70. The lowest BCUT2D eigenvalue weighted by Crippen LogP contribution is -2.64. The first-order valence-electron chi connectivity index (χ1n) is 23.3. The quantitative estimate of drug-likeness (QED) is 0.124. The monoisotopic (exact) mass is 886 g/mol. The topological polar surface area (TPSA) is 267 Å². The first-order chi connectivity index (χ1) is 29.2. The predicted molar refractivity (Wildman–Crippen MR) is 216 cm³/mol. The average molecular weight is 887 g/mol. The Kier molecular flexibility index (Phi) is 13.8. The second kappa shape index (κ2) is 17.9. The van der Waals surface area contributed by atoms with E-state index in [0.717, 1.165) is 32.1 Å². The van der Waals surface area contributed by atoms with E-state index in [4.69, 9.17) is 33.2 Å². The Morgan fingerprint density at radius 3 is 2.06 bits per heavy atom. The van der Waals surface area contributed by atoms with Gasteiger partial charge in [-0.05, 0) is 106 Å². The zero-order chi connectivity index (χ0) is 44.8. The molecule has 26 atom stereocenters. The molecule has 0 bridgehead atoms. The molecule has 26 unspecified atom stereocenters. The maximum Gasteiger partial charge on any atom is 0.187 e. The molecule has 62 heavy (non-hydrogen) atoms. The Morgan fingerprint density at radius 2 is 1.39 bits per heavy atom. The van der Waals surface area contributed by atoms with Crippen LogP contribution in [0.15, 0.2) is 11.6 Å². The minimum atomic E-state index is -1.64. The molecule has 0 aromatic rings. The smallest absolute Gasteiger partial charge is 0.187 e. The molecule has 8 aliphatic rings. The van der Waals surface area contributed by atoms with E-state index in [2.05, 4.69) is 26.8 Å². The molecule has 17 nitrogen and oxygen atoms in total. The van der Waals surface area contributed by atoms with Crippen molar-refractivity contribution in [3.63, 3.8) is 0 Å². The van der Waals surface area contributed by atoms with Crippen LogP contribution >= 0.6 is 0 Å². The summed E-state index contributed by atoms with van der Waals surface area (Å²) in [6, 6.07) is 0. The summed E-state index contributed by atoms with van der Waals surface area (Å²) in [5.74, 6) is 0.319. The molecule has 356 valence electrons. The molecule has 17 heteroatoms. The lowest BCUT2D eigenvalue weighted by atomic mass is 9.47. The minimum absolute atomic E-state index is 0.0140. The highest BCUT2D eigenvalue weighted by molar-refractivity contribution is 5.26. The zero-order valence-corrected chi connectivity index (χ0v) is 37.0. The Bertz CT molecular complexity index is 1590. The van der Waals surface area contributed by atoms with Crippen molar-refractivity contribution in [2.75, 3.05) is 13.2 Å². The van der Waals surface area contributed by atoms with Crippen LogP contribution in [0.5, 0.6) is 0 Å². The van der Waals surface area contributed by atoms with Crippen LogP contribution in [0.3, 0.4) is 0 Å². The molecule has 0 radical (unpaired) electrons. The lowest BCUT2D eigenvalue weighted by molar-refractivity contribution is -0.360. The van der Waals surface area contributed by atoms with Crippen LogP contribution in [0.2, 0.25) is 0 Å².